The fraction of sp³-hybridized carbons (Fsp3) is 0.963. The summed E-state index contributed by atoms with van der Waals surface area (Å²) in [5, 5.41) is 0. The lowest BCUT2D eigenvalue weighted by atomic mass is 9.44. The SMILES string of the molecule is CC(C)CCC[C@@H](C)[C@H]1CC[C@H]2[C@@H]3CC[C@H]4[C@H](Br)C(=O)CC[C@]4(C)[C@H]3CC[C@]12C. The van der Waals surface area contributed by atoms with Gasteiger partial charge in [0.2, 0.25) is 0 Å². The van der Waals surface area contributed by atoms with Crippen molar-refractivity contribution in [2.24, 2.45) is 52.3 Å². The van der Waals surface area contributed by atoms with E-state index >= 15 is 0 Å². The molecule has 9 atom stereocenters. The number of ketones is 1. The maximum atomic E-state index is 12.4. The number of hydrogen-bond donors (Lipinski definition) is 0. The summed E-state index contributed by atoms with van der Waals surface area (Å²) in [5.74, 6) is 6.49. The van der Waals surface area contributed by atoms with Crippen LogP contribution >= 0.6 is 15.9 Å². The summed E-state index contributed by atoms with van der Waals surface area (Å²) in [7, 11) is 0. The van der Waals surface area contributed by atoms with E-state index < -0.39 is 0 Å². The highest BCUT2D eigenvalue weighted by Gasteiger charge is 2.61. The van der Waals surface area contributed by atoms with E-state index in [1.54, 1.807) is 0 Å². The molecule has 2 heteroatoms. The summed E-state index contributed by atoms with van der Waals surface area (Å²) < 4.78 is 0. The van der Waals surface area contributed by atoms with Crippen molar-refractivity contribution in [3.63, 3.8) is 0 Å². The lowest BCUT2D eigenvalue weighted by Gasteiger charge is -2.61. The van der Waals surface area contributed by atoms with Crippen LogP contribution in [0.5, 0.6) is 0 Å². The molecule has 4 saturated carbocycles. The van der Waals surface area contributed by atoms with Gasteiger partial charge in [0.15, 0.2) is 0 Å². The third-order valence-corrected chi connectivity index (χ3v) is 11.9. The van der Waals surface area contributed by atoms with Crippen molar-refractivity contribution in [2.75, 3.05) is 0 Å². The zero-order valence-electron chi connectivity index (χ0n) is 19.7. The predicted molar refractivity (Wildman–Crippen MR) is 126 cm³/mol. The quantitative estimate of drug-likeness (QED) is 0.375. The summed E-state index contributed by atoms with van der Waals surface area (Å²) in [6.45, 7) is 12.6. The molecular weight excluding hydrogens is 420 g/mol. The van der Waals surface area contributed by atoms with Crippen LogP contribution in [0.2, 0.25) is 0 Å². The zero-order valence-corrected chi connectivity index (χ0v) is 21.3. The number of carbonyl (C=O) groups excluding carboxylic acids is 1. The van der Waals surface area contributed by atoms with Gasteiger partial charge in [-0.2, -0.15) is 0 Å². The average Bonchev–Trinajstić information content (AvgIpc) is 3.02. The summed E-state index contributed by atoms with van der Waals surface area (Å²) in [5.41, 5.74) is 0.979. The lowest BCUT2D eigenvalue weighted by Crippen LogP contribution is -2.56. The van der Waals surface area contributed by atoms with E-state index in [9.17, 15) is 4.79 Å². The highest BCUT2D eigenvalue weighted by Crippen LogP contribution is 2.68. The van der Waals surface area contributed by atoms with E-state index in [4.69, 9.17) is 0 Å². The normalized spacial score (nSPS) is 48.2. The zero-order chi connectivity index (χ0) is 21.0. The van der Waals surface area contributed by atoms with E-state index in [-0.39, 0.29) is 4.83 Å². The Hall–Kier alpha value is 0.150. The Balaban J connectivity index is 1.48. The van der Waals surface area contributed by atoms with Crippen LogP contribution in [-0.2, 0) is 4.79 Å². The van der Waals surface area contributed by atoms with E-state index in [2.05, 4.69) is 50.5 Å². The van der Waals surface area contributed by atoms with Crippen molar-refractivity contribution in [1.82, 2.24) is 0 Å². The minimum atomic E-state index is 0.132. The third kappa shape index (κ3) is 3.70. The predicted octanol–water partition coefficient (Wildman–Crippen LogP) is 8.05. The smallest absolute Gasteiger partial charge is 0.146 e. The minimum absolute atomic E-state index is 0.132. The molecule has 4 aliphatic rings. The first-order chi connectivity index (χ1) is 13.7. The van der Waals surface area contributed by atoms with Gasteiger partial charge in [0, 0.05) is 6.42 Å². The molecule has 0 aromatic carbocycles. The van der Waals surface area contributed by atoms with Gasteiger partial charge in [-0.15, -0.1) is 0 Å². The molecule has 0 bridgehead atoms. The van der Waals surface area contributed by atoms with Crippen LogP contribution in [0.25, 0.3) is 0 Å². The number of fused-ring (bicyclic) bond motifs is 5. The van der Waals surface area contributed by atoms with Crippen molar-refractivity contribution in [1.29, 1.82) is 0 Å². The van der Waals surface area contributed by atoms with E-state index in [1.807, 2.05) is 0 Å². The molecule has 0 spiro atoms. The van der Waals surface area contributed by atoms with Crippen LogP contribution in [0.3, 0.4) is 0 Å². The van der Waals surface area contributed by atoms with Crippen molar-refractivity contribution < 1.29 is 4.79 Å². The van der Waals surface area contributed by atoms with Crippen LogP contribution < -0.4 is 0 Å². The van der Waals surface area contributed by atoms with Gasteiger partial charge < -0.3 is 0 Å². The Bertz CT molecular complexity index is 614. The second-order valence-corrected chi connectivity index (χ2v) is 13.5. The highest BCUT2D eigenvalue weighted by molar-refractivity contribution is 9.10. The maximum absolute atomic E-state index is 12.4. The molecule has 166 valence electrons. The molecule has 0 N–H and O–H groups in total. The molecule has 0 radical (unpaired) electrons. The van der Waals surface area contributed by atoms with Crippen LogP contribution in [-0.4, -0.2) is 10.6 Å². The van der Waals surface area contributed by atoms with Crippen molar-refractivity contribution in [3.8, 4) is 0 Å². The van der Waals surface area contributed by atoms with Crippen LogP contribution in [0, 0.1) is 52.3 Å². The first-order valence-electron chi connectivity index (χ1n) is 12.8. The van der Waals surface area contributed by atoms with E-state index in [0.29, 0.717) is 22.5 Å². The summed E-state index contributed by atoms with van der Waals surface area (Å²) in [6, 6.07) is 0. The van der Waals surface area contributed by atoms with Gasteiger partial charge in [-0.05, 0) is 97.2 Å². The molecule has 29 heavy (non-hydrogen) atoms. The van der Waals surface area contributed by atoms with Gasteiger partial charge in [0.05, 0.1) is 4.83 Å². The molecule has 4 rings (SSSR count). The Morgan fingerprint density at radius 1 is 0.897 bits per heavy atom. The summed E-state index contributed by atoms with van der Waals surface area (Å²) in [4.78, 5) is 12.5. The summed E-state index contributed by atoms with van der Waals surface area (Å²) >= 11 is 3.83. The molecule has 0 amide bonds. The first kappa shape index (κ1) is 22.3. The van der Waals surface area contributed by atoms with E-state index in [0.717, 1.165) is 48.3 Å². The fourth-order valence-electron chi connectivity index (χ4n) is 9.12. The molecule has 0 saturated heterocycles. The Morgan fingerprint density at radius 3 is 2.31 bits per heavy atom. The molecule has 4 aliphatic carbocycles. The van der Waals surface area contributed by atoms with Gasteiger partial charge in [0.1, 0.15) is 5.78 Å². The van der Waals surface area contributed by atoms with Gasteiger partial charge >= 0.3 is 0 Å². The molecule has 0 aliphatic heterocycles. The Labute approximate surface area is 188 Å². The van der Waals surface area contributed by atoms with Gasteiger partial charge in [-0.3, -0.25) is 4.79 Å². The largest absolute Gasteiger partial charge is 0.298 e. The molecule has 0 unspecified atom stereocenters. The number of rotatable bonds is 5. The molecular formula is C27H45BrO. The number of halogens is 1. The first-order valence-corrected chi connectivity index (χ1v) is 13.8. The van der Waals surface area contributed by atoms with Crippen molar-refractivity contribution in [2.45, 2.75) is 110 Å². The van der Waals surface area contributed by atoms with Crippen LogP contribution in [0.15, 0.2) is 0 Å². The maximum Gasteiger partial charge on any atom is 0.146 e. The fourth-order valence-corrected chi connectivity index (χ4v) is 10.2. The average molecular weight is 466 g/mol. The second kappa shape index (κ2) is 8.25. The Kier molecular flexibility index (Phi) is 6.36. The van der Waals surface area contributed by atoms with Crippen molar-refractivity contribution >= 4 is 21.7 Å². The number of carbonyl (C=O) groups is 1. The number of alkyl halides is 1. The molecule has 1 nitrogen and oxygen atoms in total. The monoisotopic (exact) mass is 464 g/mol. The minimum Gasteiger partial charge on any atom is -0.298 e. The van der Waals surface area contributed by atoms with Gasteiger partial charge in [-0.1, -0.05) is 69.8 Å². The molecule has 0 heterocycles. The highest BCUT2D eigenvalue weighted by atomic mass is 79.9. The second-order valence-electron chi connectivity index (χ2n) is 12.5. The van der Waals surface area contributed by atoms with Crippen LogP contribution in [0.4, 0.5) is 0 Å². The van der Waals surface area contributed by atoms with Gasteiger partial charge in [-0.25, -0.2) is 0 Å². The molecule has 0 aromatic heterocycles. The standard InChI is InChI=1S/C27H45BrO/c1-17(2)7-6-8-18(3)20-11-12-21-19-9-10-23-25(28)24(29)14-16-27(23,5)22(19)13-15-26(20,21)4/h17-23,25H,6-16H2,1-5H3/t18-,19+,20-,21+,22+,23+,25+,26-,27-/m1/s1. The molecule has 4 fully saturated rings. The summed E-state index contributed by atoms with van der Waals surface area (Å²) in [6.07, 6.45) is 14.7. The van der Waals surface area contributed by atoms with E-state index in [1.165, 1.54) is 57.8 Å². The Morgan fingerprint density at radius 2 is 1.59 bits per heavy atom. The number of Topliss-reactive ketones (excluding diaryl/α,β-unsaturated/α-hetero) is 1. The van der Waals surface area contributed by atoms with Gasteiger partial charge in [0.25, 0.3) is 0 Å². The lowest BCUT2D eigenvalue weighted by molar-refractivity contribution is -0.138. The van der Waals surface area contributed by atoms with Crippen LogP contribution in [0.1, 0.15) is 105 Å². The number of hydrogen-bond acceptors (Lipinski definition) is 1. The topological polar surface area (TPSA) is 17.1 Å². The molecule has 0 aromatic rings. The van der Waals surface area contributed by atoms with Crippen molar-refractivity contribution in [3.05, 3.63) is 0 Å². The third-order valence-electron chi connectivity index (χ3n) is 10.7.